The monoisotopic (exact) mass is 162 g/mol. The predicted octanol–water partition coefficient (Wildman–Crippen LogP) is -1.98. The van der Waals surface area contributed by atoms with E-state index in [-0.39, 0.29) is 13.0 Å². The number of ether oxygens (including phenoxy) is 1. The van der Waals surface area contributed by atoms with E-state index in [0.29, 0.717) is 0 Å². The van der Waals surface area contributed by atoms with Crippen LogP contribution in [0.3, 0.4) is 0 Å². The van der Waals surface area contributed by atoms with Gasteiger partial charge in [0, 0.05) is 6.42 Å². The van der Waals surface area contributed by atoms with E-state index < -0.39 is 24.3 Å². The molecule has 0 aliphatic carbocycles. The Morgan fingerprint density at radius 1 is 1.64 bits per heavy atom. The maximum Gasteiger partial charge on any atom is 0.250 e. The number of rotatable bonds is 2. The van der Waals surface area contributed by atoms with Gasteiger partial charge in [0.25, 0.3) is 5.79 Å². The highest BCUT2D eigenvalue weighted by Gasteiger charge is 2.45. The predicted molar refractivity (Wildman–Crippen MR) is 33.6 cm³/mol. The van der Waals surface area contributed by atoms with Crippen molar-refractivity contribution in [3.05, 3.63) is 0 Å². The molecule has 2 atom stereocenters. The second kappa shape index (κ2) is 2.86. The first-order valence-corrected chi connectivity index (χ1v) is 3.27. The molecule has 0 radical (unpaired) electrons. The number of ketones is 1. The maximum absolute atomic E-state index is 10.9. The van der Waals surface area contributed by atoms with Crippen molar-refractivity contribution in [1.82, 2.24) is 0 Å². The molecule has 3 N–H and O–H groups in total. The average Bonchev–Trinajstić information content (AvgIpc) is 2.29. The molecule has 64 valence electrons. The van der Waals surface area contributed by atoms with Crippen LogP contribution in [0, 0.1) is 0 Å². The van der Waals surface area contributed by atoms with Gasteiger partial charge in [-0.15, -0.1) is 0 Å². The lowest BCUT2D eigenvalue weighted by Gasteiger charge is -2.17. The van der Waals surface area contributed by atoms with Crippen molar-refractivity contribution in [3.8, 4) is 0 Å². The van der Waals surface area contributed by atoms with E-state index in [1.165, 1.54) is 0 Å². The molecule has 0 bridgehead atoms. The highest BCUT2D eigenvalue weighted by molar-refractivity contribution is 5.87. The van der Waals surface area contributed by atoms with Crippen LogP contribution in [-0.4, -0.2) is 46.2 Å². The molecule has 0 saturated carbocycles. The van der Waals surface area contributed by atoms with Crippen LogP contribution in [0.1, 0.15) is 6.42 Å². The van der Waals surface area contributed by atoms with E-state index in [4.69, 9.17) is 15.3 Å². The number of hydrogen-bond donors (Lipinski definition) is 3. The van der Waals surface area contributed by atoms with E-state index in [1.807, 2.05) is 0 Å². The van der Waals surface area contributed by atoms with Crippen molar-refractivity contribution < 1.29 is 24.9 Å². The Labute approximate surface area is 63.2 Å². The maximum atomic E-state index is 10.9. The first-order valence-electron chi connectivity index (χ1n) is 3.27. The molecule has 0 aromatic heterocycles. The van der Waals surface area contributed by atoms with Crippen LogP contribution in [0.4, 0.5) is 0 Å². The molecule has 0 amide bonds. The topological polar surface area (TPSA) is 87.0 Å². The number of hydrogen-bond acceptors (Lipinski definition) is 5. The van der Waals surface area contributed by atoms with Crippen molar-refractivity contribution in [1.29, 1.82) is 0 Å². The summed E-state index contributed by atoms with van der Waals surface area (Å²) in [6.45, 7) is -1.09. The SMILES string of the molecule is O=C1C[C@@H](CO)OC1(O)CO. The van der Waals surface area contributed by atoms with Crippen molar-refractivity contribution >= 4 is 5.78 Å². The number of carbonyl (C=O) groups is 1. The fraction of sp³-hybridized carbons (Fsp3) is 0.833. The molecular weight excluding hydrogens is 152 g/mol. The van der Waals surface area contributed by atoms with Gasteiger partial charge < -0.3 is 20.1 Å². The second-order valence-corrected chi connectivity index (χ2v) is 2.49. The van der Waals surface area contributed by atoms with Gasteiger partial charge in [0.05, 0.1) is 12.7 Å². The van der Waals surface area contributed by atoms with E-state index in [2.05, 4.69) is 4.74 Å². The zero-order valence-electron chi connectivity index (χ0n) is 5.86. The van der Waals surface area contributed by atoms with Crippen molar-refractivity contribution in [2.45, 2.75) is 18.3 Å². The molecule has 1 fully saturated rings. The second-order valence-electron chi connectivity index (χ2n) is 2.49. The van der Waals surface area contributed by atoms with E-state index in [1.54, 1.807) is 0 Å². The Balaban J connectivity index is 2.65. The van der Waals surface area contributed by atoms with Crippen molar-refractivity contribution in [2.75, 3.05) is 13.2 Å². The summed E-state index contributed by atoms with van der Waals surface area (Å²) in [6, 6.07) is 0. The molecule has 5 nitrogen and oxygen atoms in total. The van der Waals surface area contributed by atoms with Gasteiger partial charge >= 0.3 is 0 Å². The number of aliphatic hydroxyl groups excluding tert-OH is 2. The number of Topliss-reactive ketones (excluding diaryl/α,β-unsaturated/α-hetero) is 1. The molecule has 1 rings (SSSR count). The summed E-state index contributed by atoms with van der Waals surface area (Å²) in [5.74, 6) is -2.66. The van der Waals surface area contributed by atoms with Gasteiger partial charge in [0.1, 0.15) is 6.61 Å². The van der Waals surface area contributed by atoms with Crippen LogP contribution in [0.15, 0.2) is 0 Å². The lowest BCUT2D eigenvalue weighted by molar-refractivity contribution is -0.212. The third kappa shape index (κ3) is 1.41. The van der Waals surface area contributed by atoms with E-state index in [0.717, 1.165) is 0 Å². The lowest BCUT2D eigenvalue weighted by Crippen LogP contribution is -2.40. The Hall–Kier alpha value is -0.490. The summed E-state index contributed by atoms with van der Waals surface area (Å²) in [7, 11) is 0. The molecule has 1 aliphatic heterocycles. The molecule has 0 aromatic rings. The quantitative estimate of drug-likeness (QED) is 0.438. The van der Waals surface area contributed by atoms with Crippen LogP contribution in [-0.2, 0) is 9.53 Å². The zero-order chi connectivity index (χ0) is 8.48. The molecule has 0 aromatic carbocycles. The lowest BCUT2D eigenvalue weighted by atomic mass is 10.1. The van der Waals surface area contributed by atoms with Gasteiger partial charge in [0.2, 0.25) is 0 Å². The molecular formula is C6H10O5. The standard InChI is InChI=1S/C6H10O5/c7-2-4-1-5(9)6(10,3-8)11-4/h4,7-8,10H,1-3H2/t4-,6?/m0/s1. The van der Waals surface area contributed by atoms with Crippen LogP contribution in [0.5, 0.6) is 0 Å². The minimum absolute atomic E-state index is 0.0481. The van der Waals surface area contributed by atoms with Crippen molar-refractivity contribution in [3.63, 3.8) is 0 Å². The van der Waals surface area contributed by atoms with Crippen molar-refractivity contribution in [2.24, 2.45) is 0 Å². The normalized spacial score (nSPS) is 38.1. The van der Waals surface area contributed by atoms with Gasteiger partial charge in [-0.3, -0.25) is 4.79 Å². The summed E-state index contributed by atoms with van der Waals surface area (Å²) >= 11 is 0. The van der Waals surface area contributed by atoms with Crippen LogP contribution in [0.25, 0.3) is 0 Å². The molecule has 5 heteroatoms. The van der Waals surface area contributed by atoms with Crippen LogP contribution >= 0.6 is 0 Å². The molecule has 1 heterocycles. The minimum Gasteiger partial charge on any atom is -0.394 e. The van der Waals surface area contributed by atoms with Gasteiger partial charge in [-0.2, -0.15) is 0 Å². The molecule has 0 spiro atoms. The van der Waals surface area contributed by atoms with Gasteiger partial charge in [-0.05, 0) is 0 Å². The zero-order valence-corrected chi connectivity index (χ0v) is 5.86. The highest BCUT2D eigenvalue weighted by Crippen LogP contribution is 2.23. The average molecular weight is 162 g/mol. The Morgan fingerprint density at radius 3 is 2.55 bits per heavy atom. The Morgan fingerprint density at radius 2 is 2.27 bits per heavy atom. The molecule has 11 heavy (non-hydrogen) atoms. The number of carbonyl (C=O) groups excluding carboxylic acids is 1. The summed E-state index contributed by atoms with van der Waals surface area (Å²) < 4.78 is 4.67. The molecule has 1 saturated heterocycles. The molecule has 1 aliphatic rings. The van der Waals surface area contributed by atoms with E-state index in [9.17, 15) is 4.79 Å². The Bertz CT molecular complexity index is 168. The fourth-order valence-electron chi connectivity index (χ4n) is 0.977. The summed E-state index contributed by atoms with van der Waals surface area (Å²) in [5, 5.41) is 26.2. The summed E-state index contributed by atoms with van der Waals surface area (Å²) in [4.78, 5) is 10.9. The number of aliphatic hydroxyl groups is 3. The fourth-order valence-corrected chi connectivity index (χ4v) is 0.977. The Kier molecular flexibility index (Phi) is 2.24. The first kappa shape index (κ1) is 8.61. The smallest absolute Gasteiger partial charge is 0.250 e. The molecule has 1 unspecified atom stereocenters. The first-order chi connectivity index (χ1) is 5.12. The highest BCUT2D eigenvalue weighted by atomic mass is 16.7. The summed E-state index contributed by atoms with van der Waals surface area (Å²) in [6.07, 6.45) is -0.729. The third-order valence-electron chi connectivity index (χ3n) is 1.63. The largest absolute Gasteiger partial charge is 0.394 e. The van der Waals surface area contributed by atoms with E-state index >= 15 is 0 Å². The van der Waals surface area contributed by atoms with Gasteiger partial charge in [-0.25, -0.2) is 0 Å². The van der Waals surface area contributed by atoms with Crippen LogP contribution < -0.4 is 0 Å². The third-order valence-corrected chi connectivity index (χ3v) is 1.63. The van der Waals surface area contributed by atoms with Gasteiger partial charge in [-0.1, -0.05) is 0 Å². The van der Waals surface area contributed by atoms with Crippen LogP contribution in [0.2, 0.25) is 0 Å². The van der Waals surface area contributed by atoms with Gasteiger partial charge in [0.15, 0.2) is 5.78 Å². The minimum atomic E-state index is -2.08. The summed E-state index contributed by atoms with van der Waals surface area (Å²) in [5.41, 5.74) is 0.